The molecule has 1 aliphatic heterocycles. The highest BCUT2D eigenvalue weighted by Crippen LogP contribution is 2.29. The van der Waals surface area contributed by atoms with Gasteiger partial charge in [-0.25, -0.2) is 0 Å². The Hall–Kier alpha value is -2.98. The fourth-order valence-electron chi connectivity index (χ4n) is 5.21. The zero-order valence-corrected chi connectivity index (χ0v) is 18.7. The number of rotatable bonds is 5. The predicted molar refractivity (Wildman–Crippen MR) is 127 cm³/mol. The summed E-state index contributed by atoms with van der Waals surface area (Å²) in [4.78, 5) is 20.4. The minimum Gasteiger partial charge on any atom is -0.343 e. The van der Waals surface area contributed by atoms with E-state index >= 15 is 0 Å². The first-order valence-electron chi connectivity index (χ1n) is 11.8. The maximum atomic E-state index is 13.3. The highest BCUT2D eigenvalue weighted by molar-refractivity contribution is 5.79. The lowest BCUT2D eigenvalue weighted by molar-refractivity contribution is -0.127. The summed E-state index contributed by atoms with van der Waals surface area (Å²) in [6.07, 6.45) is 5.91. The number of aryl methyl sites for hydroxylation is 1. The molecule has 164 valence electrons. The largest absolute Gasteiger partial charge is 0.343 e. The van der Waals surface area contributed by atoms with Crippen molar-refractivity contribution >= 4 is 5.91 Å². The van der Waals surface area contributed by atoms with E-state index in [4.69, 9.17) is 0 Å². The highest BCUT2D eigenvalue weighted by atomic mass is 16.2. The second kappa shape index (κ2) is 9.25. The molecule has 2 aromatic carbocycles. The summed E-state index contributed by atoms with van der Waals surface area (Å²) < 4.78 is 0. The van der Waals surface area contributed by atoms with E-state index in [0.29, 0.717) is 6.04 Å². The van der Waals surface area contributed by atoms with Crippen molar-refractivity contribution in [1.29, 1.82) is 0 Å². The summed E-state index contributed by atoms with van der Waals surface area (Å²) in [7, 11) is 0. The van der Waals surface area contributed by atoms with Gasteiger partial charge in [-0.3, -0.25) is 14.7 Å². The van der Waals surface area contributed by atoms with Gasteiger partial charge in [0.25, 0.3) is 0 Å². The van der Waals surface area contributed by atoms with Crippen LogP contribution in [0.3, 0.4) is 0 Å². The third-order valence-corrected chi connectivity index (χ3v) is 7.13. The average molecular weight is 426 g/mol. The monoisotopic (exact) mass is 425 g/mol. The Morgan fingerprint density at radius 3 is 2.22 bits per heavy atom. The summed E-state index contributed by atoms with van der Waals surface area (Å²) in [6.45, 7) is 4.07. The van der Waals surface area contributed by atoms with Crippen LogP contribution in [-0.4, -0.2) is 34.9 Å². The molecule has 5 rings (SSSR count). The topological polar surface area (TPSA) is 45.2 Å². The number of benzene rings is 2. The van der Waals surface area contributed by atoms with Crippen LogP contribution in [-0.2, 0) is 17.6 Å². The first-order valence-corrected chi connectivity index (χ1v) is 11.8. The van der Waals surface area contributed by atoms with Gasteiger partial charge >= 0.3 is 0 Å². The third-order valence-electron chi connectivity index (χ3n) is 7.13. The average Bonchev–Trinajstić information content (AvgIpc) is 3.28. The molecular formula is C28H31N3O. The van der Waals surface area contributed by atoms with E-state index < -0.39 is 0 Å². The molecule has 2 aliphatic rings. The molecule has 3 aromatic rings. The molecule has 1 aliphatic carbocycles. The number of likely N-dealkylation sites (tertiary alicyclic amines) is 1. The predicted octanol–water partition coefficient (Wildman–Crippen LogP) is 4.48. The van der Waals surface area contributed by atoms with Gasteiger partial charge in [-0.1, -0.05) is 60.2 Å². The van der Waals surface area contributed by atoms with Crippen molar-refractivity contribution in [2.24, 2.45) is 5.92 Å². The number of nitrogens with one attached hydrogen (secondary N) is 1. The first-order chi connectivity index (χ1) is 15.7. The maximum Gasteiger partial charge on any atom is 0.224 e. The minimum atomic E-state index is -0.216. The molecule has 0 spiro atoms. The fourth-order valence-corrected chi connectivity index (χ4v) is 5.21. The van der Waals surface area contributed by atoms with Gasteiger partial charge in [-0.2, -0.15) is 0 Å². The zero-order valence-electron chi connectivity index (χ0n) is 18.7. The normalized spacial score (nSPS) is 18.3. The number of fused-ring (bicyclic) bond motifs is 1. The van der Waals surface area contributed by atoms with Crippen LogP contribution in [0.4, 0.5) is 0 Å². The molecule has 0 radical (unpaired) electrons. The van der Waals surface area contributed by atoms with Crippen molar-refractivity contribution in [2.45, 2.75) is 44.7 Å². The summed E-state index contributed by atoms with van der Waals surface area (Å²) in [5.41, 5.74) is 6.15. The Balaban J connectivity index is 1.23. The lowest BCUT2D eigenvalue weighted by Crippen LogP contribution is -2.45. The van der Waals surface area contributed by atoms with E-state index in [1.807, 2.05) is 18.2 Å². The Bertz CT molecular complexity index is 1030. The van der Waals surface area contributed by atoms with Crippen LogP contribution >= 0.6 is 0 Å². The third kappa shape index (κ3) is 4.46. The first kappa shape index (κ1) is 20.9. The summed E-state index contributed by atoms with van der Waals surface area (Å²) in [5, 5.41) is 3.32. The lowest BCUT2D eigenvalue weighted by atomic mass is 9.93. The number of nitrogens with zero attached hydrogens (tertiary/aromatic N) is 2. The van der Waals surface area contributed by atoms with E-state index in [9.17, 15) is 4.79 Å². The van der Waals surface area contributed by atoms with E-state index in [0.717, 1.165) is 50.0 Å². The van der Waals surface area contributed by atoms with Crippen LogP contribution in [0.2, 0.25) is 0 Å². The highest BCUT2D eigenvalue weighted by Gasteiger charge is 2.32. The van der Waals surface area contributed by atoms with Crippen molar-refractivity contribution in [1.82, 2.24) is 15.2 Å². The number of piperidine rings is 1. The van der Waals surface area contributed by atoms with Gasteiger partial charge in [0.15, 0.2) is 0 Å². The lowest BCUT2D eigenvalue weighted by Gasteiger charge is -2.36. The van der Waals surface area contributed by atoms with Gasteiger partial charge in [0.05, 0.1) is 11.7 Å². The maximum absolute atomic E-state index is 13.3. The fraction of sp³-hybridized carbons (Fsp3) is 0.357. The van der Waals surface area contributed by atoms with E-state index in [1.54, 1.807) is 6.20 Å². The van der Waals surface area contributed by atoms with E-state index in [1.165, 1.54) is 16.7 Å². The molecule has 4 heteroatoms. The van der Waals surface area contributed by atoms with Crippen molar-refractivity contribution in [3.05, 3.63) is 101 Å². The van der Waals surface area contributed by atoms with Gasteiger partial charge in [-0.15, -0.1) is 0 Å². The van der Waals surface area contributed by atoms with Gasteiger partial charge in [0, 0.05) is 18.2 Å². The smallest absolute Gasteiger partial charge is 0.224 e. The molecule has 0 bridgehead atoms. The van der Waals surface area contributed by atoms with Crippen LogP contribution in [0.25, 0.3) is 0 Å². The van der Waals surface area contributed by atoms with Crippen LogP contribution in [0.1, 0.15) is 46.8 Å². The van der Waals surface area contributed by atoms with E-state index in [-0.39, 0.29) is 17.9 Å². The number of carbonyl (C=O) groups excluding carboxylic acids is 1. The van der Waals surface area contributed by atoms with Gasteiger partial charge in [0.2, 0.25) is 5.91 Å². The summed E-state index contributed by atoms with van der Waals surface area (Å²) in [6, 6.07) is 23.4. The number of carbonyl (C=O) groups is 1. The molecule has 32 heavy (non-hydrogen) atoms. The van der Waals surface area contributed by atoms with Crippen molar-refractivity contribution in [3.63, 3.8) is 0 Å². The molecule has 0 saturated carbocycles. The number of hydrogen-bond acceptors (Lipinski definition) is 3. The molecule has 1 unspecified atom stereocenters. The molecular weight excluding hydrogens is 394 g/mol. The summed E-state index contributed by atoms with van der Waals surface area (Å²) in [5.74, 6) is 0.210. The number of pyridine rings is 1. The molecule has 4 nitrogen and oxygen atoms in total. The Morgan fingerprint density at radius 2 is 1.59 bits per heavy atom. The second-order valence-corrected chi connectivity index (χ2v) is 9.25. The quantitative estimate of drug-likeness (QED) is 0.656. The van der Waals surface area contributed by atoms with Crippen LogP contribution < -0.4 is 5.32 Å². The zero-order chi connectivity index (χ0) is 21.9. The standard InChI is InChI=1S/C28H31N3O/c1-20-9-11-21(12-10-20)27(26-8-4-5-15-29-26)30-28(32)22-13-16-31(17-14-22)25-18-23-6-2-3-7-24(23)19-25/h2-12,15,22,25,27H,13-14,16-19H2,1H3,(H,30,32). The van der Waals surface area contributed by atoms with Crippen LogP contribution in [0.15, 0.2) is 72.9 Å². The van der Waals surface area contributed by atoms with Crippen LogP contribution in [0, 0.1) is 12.8 Å². The Labute approximate surface area is 190 Å². The molecule has 1 atom stereocenters. The molecule has 1 amide bonds. The molecule has 2 heterocycles. The number of aromatic nitrogens is 1. The molecule has 1 fully saturated rings. The van der Waals surface area contributed by atoms with Crippen LogP contribution in [0.5, 0.6) is 0 Å². The van der Waals surface area contributed by atoms with Gasteiger partial charge in [-0.05, 0) is 74.5 Å². The van der Waals surface area contributed by atoms with E-state index in [2.05, 4.69) is 70.7 Å². The van der Waals surface area contributed by atoms with Gasteiger partial charge < -0.3 is 5.32 Å². The van der Waals surface area contributed by atoms with Crippen molar-refractivity contribution in [3.8, 4) is 0 Å². The second-order valence-electron chi connectivity index (χ2n) is 9.25. The minimum absolute atomic E-state index is 0.0617. The van der Waals surface area contributed by atoms with Gasteiger partial charge in [0.1, 0.15) is 0 Å². The Kier molecular flexibility index (Phi) is 6.04. The molecule has 1 N–H and O–H groups in total. The number of amides is 1. The molecule has 1 aromatic heterocycles. The summed E-state index contributed by atoms with van der Waals surface area (Å²) >= 11 is 0. The molecule has 1 saturated heterocycles. The van der Waals surface area contributed by atoms with Crippen molar-refractivity contribution in [2.75, 3.05) is 13.1 Å². The van der Waals surface area contributed by atoms with Crippen molar-refractivity contribution < 1.29 is 4.79 Å². The Morgan fingerprint density at radius 1 is 0.938 bits per heavy atom. The SMILES string of the molecule is Cc1ccc(C(NC(=O)C2CCN(C3Cc4ccccc4C3)CC2)c2ccccn2)cc1. The number of hydrogen-bond donors (Lipinski definition) is 1.